The molecule has 1 aliphatic carbocycles. The van der Waals surface area contributed by atoms with E-state index in [-0.39, 0.29) is 25.3 Å². The van der Waals surface area contributed by atoms with Gasteiger partial charge in [-0.1, -0.05) is 49.3 Å². The Kier molecular flexibility index (Phi) is 8.90. The lowest BCUT2D eigenvalue weighted by Gasteiger charge is -2.30. The van der Waals surface area contributed by atoms with Gasteiger partial charge in [0.15, 0.2) is 0 Å². The van der Waals surface area contributed by atoms with E-state index in [0.717, 1.165) is 30.4 Å². The molecular weight excluding hydrogens is 568 g/mol. The molecule has 12 nitrogen and oxygen atoms in total. The Morgan fingerprint density at radius 1 is 1.07 bits per heavy atom. The third-order valence-corrected chi connectivity index (χ3v) is 8.68. The zero-order valence-electron chi connectivity index (χ0n) is 25.5. The standard InChI is InChI=1S/C32H42N4O8/c1-31(2,3)44-29(41)33-24-14-8-6-4-5-7-13-22-16-32(22,28(39)40)34-26(37)25-15-23(19-36(25)27(24)38)43-30(42)35-17-20-11-9-10-12-21(20)18-35/h7,9-13,22-25H,4-6,8,14-19H2,1-3H3,(H,33,41)(H,34,37)(H,39,40)/b13-7-/t22-,23-,24+,25+,32-/m1/s1. The third kappa shape index (κ3) is 7.00. The summed E-state index contributed by atoms with van der Waals surface area (Å²) in [5, 5.41) is 15.4. The molecule has 1 saturated carbocycles. The van der Waals surface area contributed by atoms with Gasteiger partial charge in [0.05, 0.1) is 6.54 Å². The average molecular weight is 611 g/mol. The van der Waals surface area contributed by atoms with Crippen LogP contribution in [0.4, 0.5) is 9.59 Å². The van der Waals surface area contributed by atoms with E-state index in [1.807, 2.05) is 36.4 Å². The highest BCUT2D eigenvalue weighted by molar-refractivity contribution is 5.96. The van der Waals surface area contributed by atoms with Crippen LogP contribution in [0, 0.1) is 5.92 Å². The number of carboxylic acids is 1. The molecule has 0 spiro atoms. The number of fused-ring (bicyclic) bond motifs is 3. The van der Waals surface area contributed by atoms with Crippen molar-refractivity contribution in [1.29, 1.82) is 0 Å². The Morgan fingerprint density at radius 2 is 1.77 bits per heavy atom. The Balaban J connectivity index is 1.37. The number of amides is 4. The zero-order valence-corrected chi connectivity index (χ0v) is 25.5. The van der Waals surface area contributed by atoms with Crippen LogP contribution in [0.1, 0.15) is 76.8 Å². The molecule has 3 heterocycles. The molecular formula is C32H42N4O8. The van der Waals surface area contributed by atoms with E-state index in [4.69, 9.17) is 9.47 Å². The predicted octanol–water partition coefficient (Wildman–Crippen LogP) is 3.48. The first kappa shape index (κ1) is 31.3. The highest BCUT2D eigenvalue weighted by atomic mass is 16.6. The summed E-state index contributed by atoms with van der Waals surface area (Å²) in [6.45, 7) is 5.89. The quantitative estimate of drug-likeness (QED) is 0.440. The Hall–Kier alpha value is -4.09. The molecule has 4 aliphatic rings. The predicted molar refractivity (Wildman–Crippen MR) is 158 cm³/mol. The molecule has 44 heavy (non-hydrogen) atoms. The van der Waals surface area contributed by atoms with Crippen LogP contribution >= 0.6 is 0 Å². The molecule has 5 atom stereocenters. The van der Waals surface area contributed by atoms with Crippen LogP contribution in [0.25, 0.3) is 0 Å². The van der Waals surface area contributed by atoms with Gasteiger partial charge in [-0.05, 0) is 57.6 Å². The van der Waals surface area contributed by atoms with E-state index in [2.05, 4.69) is 10.6 Å². The van der Waals surface area contributed by atoms with Crippen LogP contribution < -0.4 is 10.6 Å². The first-order valence-corrected chi connectivity index (χ1v) is 15.4. The lowest BCUT2D eigenvalue weighted by molar-refractivity contribution is -0.145. The highest BCUT2D eigenvalue weighted by Gasteiger charge is 2.61. The molecule has 1 aromatic carbocycles. The minimum absolute atomic E-state index is 0.000531. The maximum Gasteiger partial charge on any atom is 0.410 e. The van der Waals surface area contributed by atoms with Crippen molar-refractivity contribution in [3.05, 3.63) is 47.5 Å². The van der Waals surface area contributed by atoms with Gasteiger partial charge in [-0.2, -0.15) is 0 Å². The molecule has 238 valence electrons. The van der Waals surface area contributed by atoms with Crippen LogP contribution in [0.15, 0.2) is 36.4 Å². The first-order chi connectivity index (χ1) is 20.9. The van der Waals surface area contributed by atoms with Gasteiger partial charge in [0.1, 0.15) is 29.3 Å². The van der Waals surface area contributed by atoms with Crippen LogP contribution in [-0.2, 0) is 36.9 Å². The monoisotopic (exact) mass is 610 g/mol. The minimum Gasteiger partial charge on any atom is -0.479 e. The number of carbonyl (C=O) groups is 5. The number of rotatable bonds is 3. The normalized spacial score (nSPS) is 29.6. The molecule has 12 heteroatoms. The van der Waals surface area contributed by atoms with Crippen LogP contribution in [-0.4, -0.2) is 80.7 Å². The van der Waals surface area contributed by atoms with E-state index in [1.54, 1.807) is 25.7 Å². The Bertz CT molecular complexity index is 1310. The van der Waals surface area contributed by atoms with Gasteiger partial charge in [0.25, 0.3) is 0 Å². The number of carbonyl (C=O) groups excluding carboxylic acids is 4. The minimum atomic E-state index is -1.45. The number of nitrogens with one attached hydrogen (secondary N) is 2. The second-order valence-corrected chi connectivity index (χ2v) is 13.2. The summed E-state index contributed by atoms with van der Waals surface area (Å²) < 4.78 is 11.2. The summed E-state index contributed by atoms with van der Waals surface area (Å²) >= 11 is 0. The SMILES string of the molecule is CC(C)(C)OC(=O)N[C@H]1CCCCC/C=C\[C@@H]2C[C@@]2(C(=O)O)NC(=O)[C@@H]2C[C@@H](OC(=O)N3Cc4ccccc4C3)CN2C1=O. The first-order valence-electron chi connectivity index (χ1n) is 15.4. The number of benzene rings is 1. The third-order valence-electron chi connectivity index (χ3n) is 8.68. The number of hydrogen-bond donors (Lipinski definition) is 3. The zero-order chi connectivity index (χ0) is 31.6. The fourth-order valence-corrected chi connectivity index (χ4v) is 6.28. The highest BCUT2D eigenvalue weighted by Crippen LogP contribution is 2.45. The summed E-state index contributed by atoms with van der Waals surface area (Å²) in [6.07, 6.45) is 5.25. The van der Waals surface area contributed by atoms with Gasteiger partial charge in [-0.3, -0.25) is 14.5 Å². The molecule has 3 aliphatic heterocycles. The van der Waals surface area contributed by atoms with Crippen molar-refractivity contribution in [2.75, 3.05) is 6.54 Å². The van der Waals surface area contributed by atoms with Crippen molar-refractivity contribution in [3.8, 4) is 0 Å². The molecule has 0 bridgehead atoms. The van der Waals surface area contributed by atoms with Crippen LogP contribution in [0.3, 0.4) is 0 Å². The van der Waals surface area contributed by atoms with E-state index in [9.17, 15) is 29.1 Å². The van der Waals surface area contributed by atoms with Crippen molar-refractivity contribution in [2.24, 2.45) is 5.92 Å². The smallest absolute Gasteiger partial charge is 0.410 e. The van der Waals surface area contributed by atoms with Crippen molar-refractivity contribution in [1.82, 2.24) is 20.4 Å². The lowest BCUT2D eigenvalue weighted by atomic mass is 10.0. The van der Waals surface area contributed by atoms with Gasteiger partial charge in [-0.25, -0.2) is 14.4 Å². The second kappa shape index (κ2) is 12.5. The molecule has 4 amide bonds. The number of allylic oxidation sites excluding steroid dienone is 1. The molecule has 0 unspecified atom stereocenters. The van der Waals surface area contributed by atoms with Crippen molar-refractivity contribution >= 4 is 30.0 Å². The fourth-order valence-electron chi connectivity index (χ4n) is 6.28. The average Bonchev–Trinajstić information content (AvgIpc) is 3.27. The van der Waals surface area contributed by atoms with Gasteiger partial charge in [-0.15, -0.1) is 0 Å². The topological polar surface area (TPSA) is 155 Å². The fraction of sp³-hybridized carbons (Fsp3) is 0.594. The van der Waals surface area contributed by atoms with E-state index < -0.39 is 59.3 Å². The maximum absolute atomic E-state index is 14.0. The van der Waals surface area contributed by atoms with Gasteiger partial charge in [0.2, 0.25) is 11.8 Å². The molecule has 0 radical (unpaired) electrons. The largest absolute Gasteiger partial charge is 0.479 e. The molecule has 1 saturated heterocycles. The van der Waals surface area contributed by atoms with Crippen LogP contribution in [0.2, 0.25) is 0 Å². The molecule has 0 aromatic heterocycles. The van der Waals surface area contributed by atoms with E-state index >= 15 is 0 Å². The maximum atomic E-state index is 14.0. The summed E-state index contributed by atoms with van der Waals surface area (Å²) in [4.78, 5) is 68.8. The van der Waals surface area contributed by atoms with Crippen LogP contribution in [0.5, 0.6) is 0 Å². The summed E-state index contributed by atoms with van der Waals surface area (Å²) in [5.41, 5.74) is -0.176. The van der Waals surface area contributed by atoms with Gasteiger partial charge >= 0.3 is 18.2 Å². The van der Waals surface area contributed by atoms with Crippen molar-refractivity contribution in [3.63, 3.8) is 0 Å². The summed E-state index contributed by atoms with van der Waals surface area (Å²) in [7, 11) is 0. The van der Waals surface area contributed by atoms with Crippen molar-refractivity contribution in [2.45, 2.75) is 108 Å². The molecule has 5 rings (SSSR count). The number of carboxylic acid groups (broad SMARTS) is 1. The second-order valence-electron chi connectivity index (χ2n) is 13.2. The summed E-state index contributed by atoms with van der Waals surface area (Å²) in [6, 6.07) is 5.65. The lowest BCUT2D eigenvalue weighted by Crippen LogP contribution is -2.56. The number of nitrogens with zero attached hydrogens (tertiary/aromatic N) is 2. The van der Waals surface area contributed by atoms with E-state index in [1.165, 1.54) is 4.90 Å². The number of ether oxygens (including phenoxy) is 2. The number of hydrogen-bond acceptors (Lipinski definition) is 7. The van der Waals surface area contributed by atoms with Gasteiger partial charge in [0, 0.05) is 25.4 Å². The molecule has 3 N–H and O–H groups in total. The number of alkyl carbamates (subject to hydrolysis) is 1. The Labute approximate surface area is 257 Å². The van der Waals surface area contributed by atoms with E-state index in [0.29, 0.717) is 25.9 Å². The molecule has 1 aromatic rings. The molecule has 2 fully saturated rings. The number of aliphatic carboxylic acids is 1. The van der Waals surface area contributed by atoms with Crippen molar-refractivity contribution < 1.29 is 38.6 Å². The summed E-state index contributed by atoms with van der Waals surface area (Å²) in [5.74, 6) is -2.63. The van der Waals surface area contributed by atoms with Gasteiger partial charge < -0.3 is 30.1 Å². The Morgan fingerprint density at radius 3 is 2.43 bits per heavy atom.